The Balaban J connectivity index is 1.66. The van der Waals surface area contributed by atoms with Gasteiger partial charge in [-0.15, -0.1) is 0 Å². The molecule has 25 heavy (non-hydrogen) atoms. The van der Waals surface area contributed by atoms with E-state index in [4.69, 9.17) is 14.6 Å². The largest absolute Gasteiger partial charge is 0.493 e. The predicted octanol–water partition coefficient (Wildman–Crippen LogP) is 2.36. The van der Waals surface area contributed by atoms with Crippen LogP contribution in [-0.2, 0) is 17.8 Å². The Bertz CT molecular complexity index is 802. The minimum Gasteiger partial charge on any atom is -0.493 e. The molecule has 0 aromatic heterocycles. The summed E-state index contributed by atoms with van der Waals surface area (Å²) in [7, 11) is 1.55. The van der Waals surface area contributed by atoms with Gasteiger partial charge in [-0.1, -0.05) is 18.2 Å². The fraction of sp³-hybridized carbons (Fsp3) is 0.263. The summed E-state index contributed by atoms with van der Waals surface area (Å²) in [6, 6.07) is 12.2. The highest BCUT2D eigenvalue weighted by atomic mass is 16.5. The Morgan fingerprint density at radius 3 is 2.60 bits per heavy atom. The fourth-order valence-electron chi connectivity index (χ4n) is 2.87. The van der Waals surface area contributed by atoms with Crippen LogP contribution < -0.4 is 9.47 Å². The second-order valence-corrected chi connectivity index (χ2v) is 5.79. The SMILES string of the molecule is COc1ccccc1OCC(=O)N1CCc2ccc(C(=O)O)cc2C1. The maximum atomic E-state index is 12.4. The molecule has 130 valence electrons. The molecule has 1 aliphatic heterocycles. The third-order valence-electron chi connectivity index (χ3n) is 4.24. The van der Waals surface area contributed by atoms with E-state index < -0.39 is 5.97 Å². The van der Waals surface area contributed by atoms with Crippen molar-refractivity contribution in [1.82, 2.24) is 4.90 Å². The summed E-state index contributed by atoms with van der Waals surface area (Å²) in [6.45, 7) is 0.895. The number of rotatable bonds is 5. The number of carboxylic acid groups (broad SMARTS) is 1. The number of benzene rings is 2. The van der Waals surface area contributed by atoms with E-state index in [1.54, 1.807) is 36.3 Å². The number of para-hydroxylation sites is 2. The van der Waals surface area contributed by atoms with Gasteiger partial charge < -0.3 is 19.5 Å². The number of carbonyl (C=O) groups is 2. The van der Waals surface area contributed by atoms with Gasteiger partial charge in [-0.25, -0.2) is 4.79 Å². The highest BCUT2D eigenvalue weighted by Gasteiger charge is 2.22. The number of aromatic carboxylic acids is 1. The third kappa shape index (κ3) is 3.74. The maximum Gasteiger partial charge on any atom is 0.335 e. The molecule has 0 bridgehead atoms. The van der Waals surface area contributed by atoms with Crippen molar-refractivity contribution in [3.8, 4) is 11.5 Å². The van der Waals surface area contributed by atoms with E-state index in [0.717, 1.165) is 11.1 Å². The zero-order valence-electron chi connectivity index (χ0n) is 13.9. The van der Waals surface area contributed by atoms with E-state index in [2.05, 4.69) is 0 Å². The van der Waals surface area contributed by atoms with Crippen LogP contribution in [0.3, 0.4) is 0 Å². The van der Waals surface area contributed by atoms with Crippen molar-refractivity contribution in [3.05, 3.63) is 59.2 Å². The molecular weight excluding hydrogens is 322 g/mol. The van der Waals surface area contributed by atoms with Crippen molar-refractivity contribution in [2.24, 2.45) is 0 Å². The molecule has 1 amide bonds. The molecule has 2 aromatic rings. The predicted molar refractivity (Wildman–Crippen MR) is 91.0 cm³/mol. The molecule has 0 radical (unpaired) electrons. The number of carbonyl (C=O) groups excluding carboxylic acids is 1. The highest BCUT2D eigenvalue weighted by Crippen LogP contribution is 2.26. The molecular formula is C19H19NO5. The van der Waals surface area contributed by atoms with E-state index in [0.29, 0.717) is 31.0 Å². The van der Waals surface area contributed by atoms with Gasteiger partial charge in [-0.05, 0) is 41.8 Å². The second kappa shape index (κ2) is 7.25. The molecule has 0 saturated heterocycles. The lowest BCUT2D eigenvalue weighted by Crippen LogP contribution is -2.38. The summed E-state index contributed by atoms with van der Waals surface area (Å²) >= 11 is 0. The molecule has 0 fully saturated rings. The normalized spacial score (nSPS) is 13.1. The van der Waals surface area contributed by atoms with E-state index in [9.17, 15) is 9.59 Å². The van der Waals surface area contributed by atoms with Crippen LogP contribution in [0.15, 0.2) is 42.5 Å². The second-order valence-electron chi connectivity index (χ2n) is 5.79. The Morgan fingerprint density at radius 1 is 1.12 bits per heavy atom. The van der Waals surface area contributed by atoms with E-state index in [-0.39, 0.29) is 18.1 Å². The summed E-state index contributed by atoms with van der Waals surface area (Å²) in [4.78, 5) is 25.2. The minimum absolute atomic E-state index is 0.0890. The summed E-state index contributed by atoms with van der Waals surface area (Å²) < 4.78 is 10.8. The number of amides is 1. The van der Waals surface area contributed by atoms with E-state index >= 15 is 0 Å². The lowest BCUT2D eigenvalue weighted by Gasteiger charge is -2.29. The van der Waals surface area contributed by atoms with Gasteiger partial charge >= 0.3 is 5.97 Å². The Kier molecular flexibility index (Phi) is 4.88. The van der Waals surface area contributed by atoms with Crippen LogP contribution in [0.1, 0.15) is 21.5 Å². The highest BCUT2D eigenvalue weighted by molar-refractivity contribution is 5.88. The average Bonchev–Trinajstić information content (AvgIpc) is 2.65. The van der Waals surface area contributed by atoms with Crippen LogP contribution in [-0.4, -0.2) is 42.1 Å². The number of hydrogen-bond acceptors (Lipinski definition) is 4. The average molecular weight is 341 g/mol. The maximum absolute atomic E-state index is 12.4. The van der Waals surface area contributed by atoms with Gasteiger partial charge in [0.15, 0.2) is 18.1 Å². The quantitative estimate of drug-likeness (QED) is 0.903. The summed E-state index contributed by atoms with van der Waals surface area (Å²) in [5.41, 5.74) is 2.19. The minimum atomic E-state index is -0.967. The molecule has 1 aliphatic rings. The molecule has 0 saturated carbocycles. The van der Waals surface area contributed by atoms with Crippen molar-refractivity contribution in [1.29, 1.82) is 0 Å². The van der Waals surface area contributed by atoms with Gasteiger partial charge in [-0.3, -0.25) is 4.79 Å². The van der Waals surface area contributed by atoms with Gasteiger partial charge in [0.1, 0.15) is 0 Å². The zero-order valence-corrected chi connectivity index (χ0v) is 13.9. The molecule has 0 atom stereocenters. The number of nitrogens with zero attached hydrogens (tertiary/aromatic N) is 1. The Morgan fingerprint density at radius 2 is 1.88 bits per heavy atom. The summed E-state index contributed by atoms with van der Waals surface area (Å²) in [5, 5.41) is 9.11. The molecule has 2 aromatic carbocycles. The molecule has 1 heterocycles. The van der Waals surface area contributed by atoms with Gasteiger partial charge in [0.05, 0.1) is 12.7 Å². The standard InChI is InChI=1S/C19H19NO5/c1-24-16-4-2-3-5-17(16)25-12-18(21)20-9-8-13-6-7-14(19(22)23)10-15(13)11-20/h2-7,10H,8-9,11-12H2,1H3,(H,22,23). The van der Waals surface area contributed by atoms with Gasteiger partial charge in [0.2, 0.25) is 0 Å². The topological polar surface area (TPSA) is 76.1 Å². The van der Waals surface area contributed by atoms with E-state index in [1.807, 2.05) is 18.2 Å². The van der Waals surface area contributed by atoms with Crippen molar-refractivity contribution in [2.45, 2.75) is 13.0 Å². The van der Waals surface area contributed by atoms with E-state index in [1.165, 1.54) is 0 Å². The molecule has 1 N–H and O–H groups in total. The molecule has 6 heteroatoms. The number of carboxylic acids is 1. The van der Waals surface area contributed by atoms with Crippen LogP contribution in [0.25, 0.3) is 0 Å². The number of fused-ring (bicyclic) bond motifs is 1. The van der Waals surface area contributed by atoms with Gasteiger partial charge in [-0.2, -0.15) is 0 Å². The zero-order chi connectivity index (χ0) is 17.8. The van der Waals surface area contributed by atoms with Crippen molar-refractivity contribution < 1.29 is 24.2 Å². The first-order valence-electron chi connectivity index (χ1n) is 7.97. The van der Waals surface area contributed by atoms with Gasteiger partial charge in [0.25, 0.3) is 5.91 Å². The molecule has 0 unspecified atom stereocenters. The molecule has 6 nitrogen and oxygen atoms in total. The van der Waals surface area contributed by atoms with Crippen molar-refractivity contribution >= 4 is 11.9 Å². The summed E-state index contributed by atoms with van der Waals surface area (Å²) in [5.74, 6) is -0.0163. The summed E-state index contributed by atoms with van der Waals surface area (Å²) in [6.07, 6.45) is 0.704. The first kappa shape index (κ1) is 16.8. The van der Waals surface area contributed by atoms with Crippen LogP contribution in [0.5, 0.6) is 11.5 Å². The third-order valence-corrected chi connectivity index (χ3v) is 4.24. The van der Waals surface area contributed by atoms with Crippen LogP contribution >= 0.6 is 0 Å². The van der Waals surface area contributed by atoms with Crippen molar-refractivity contribution in [3.63, 3.8) is 0 Å². The van der Waals surface area contributed by atoms with Gasteiger partial charge in [0, 0.05) is 13.1 Å². The fourth-order valence-corrected chi connectivity index (χ4v) is 2.87. The lowest BCUT2D eigenvalue weighted by atomic mass is 9.97. The number of hydrogen-bond donors (Lipinski definition) is 1. The van der Waals surface area contributed by atoms with Crippen molar-refractivity contribution in [2.75, 3.05) is 20.3 Å². The smallest absolute Gasteiger partial charge is 0.335 e. The monoisotopic (exact) mass is 341 g/mol. The first-order valence-corrected chi connectivity index (χ1v) is 7.97. The van der Waals surface area contributed by atoms with Crippen LogP contribution in [0, 0.1) is 0 Å². The molecule has 0 aliphatic carbocycles. The number of methoxy groups -OCH3 is 1. The Labute approximate surface area is 145 Å². The first-order chi connectivity index (χ1) is 12.1. The molecule has 3 rings (SSSR count). The molecule has 0 spiro atoms. The van der Waals surface area contributed by atoms with Crippen LogP contribution in [0.2, 0.25) is 0 Å². The lowest BCUT2D eigenvalue weighted by molar-refractivity contribution is -0.134. The Hall–Kier alpha value is -3.02. The number of ether oxygens (including phenoxy) is 2. The van der Waals surface area contributed by atoms with Crippen LogP contribution in [0.4, 0.5) is 0 Å².